The molecule has 50 heavy (non-hydrogen) atoms. The van der Waals surface area contributed by atoms with Crippen LogP contribution in [-0.4, -0.2) is 51.0 Å². The van der Waals surface area contributed by atoms with Crippen LogP contribution in [-0.2, 0) is 38.1 Å². The fourth-order valence-corrected chi connectivity index (χ4v) is 3.41. The molecule has 0 spiro atoms. The number of carbonyl (C=O) groups is 4. The predicted octanol–water partition coefficient (Wildman–Crippen LogP) is 4.75. The van der Waals surface area contributed by atoms with Crippen molar-refractivity contribution in [1.82, 2.24) is 0 Å². The molecular formula is C38H30O12. The van der Waals surface area contributed by atoms with Crippen molar-refractivity contribution >= 4 is 23.9 Å². The van der Waals surface area contributed by atoms with Crippen LogP contribution in [0.2, 0.25) is 0 Å². The molecule has 3 aromatic carbocycles. The van der Waals surface area contributed by atoms with Crippen molar-refractivity contribution in [2.45, 2.75) is 0 Å². The topological polar surface area (TPSA) is 142 Å². The quantitative estimate of drug-likeness (QED) is 0.0679. The van der Waals surface area contributed by atoms with E-state index in [4.69, 9.17) is 37.9 Å². The molecule has 0 radical (unpaired) electrons. The van der Waals surface area contributed by atoms with Crippen LogP contribution in [0.15, 0.2) is 111 Å². The minimum atomic E-state index is -0.714. The second kappa shape index (κ2) is 20.1. The Morgan fingerprint density at radius 3 is 1.14 bits per heavy atom. The summed E-state index contributed by atoms with van der Waals surface area (Å²) in [5.41, 5.74) is 1.79. The molecule has 0 fully saturated rings. The Hall–Kier alpha value is -7.18. The second-order valence-electron chi connectivity index (χ2n) is 9.12. The first kappa shape index (κ1) is 37.3. The van der Waals surface area contributed by atoms with E-state index in [9.17, 15) is 19.2 Å². The van der Waals surface area contributed by atoms with Gasteiger partial charge in [-0.2, -0.15) is 0 Å². The third-order valence-electron chi connectivity index (χ3n) is 5.81. The maximum Gasteiger partial charge on any atom is 0.333 e. The van der Waals surface area contributed by atoms with Gasteiger partial charge in [-0.1, -0.05) is 50.0 Å². The zero-order valence-corrected chi connectivity index (χ0v) is 26.6. The van der Waals surface area contributed by atoms with Crippen LogP contribution in [0.3, 0.4) is 0 Å². The molecule has 0 unspecified atom stereocenters. The maximum absolute atomic E-state index is 11.7. The van der Waals surface area contributed by atoms with Gasteiger partial charge < -0.3 is 37.9 Å². The van der Waals surface area contributed by atoms with E-state index in [0.29, 0.717) is 28.2 Å². The number of rotatable bonds is 16. The van der Waals surface area contributed by atoms with E-state index in [1.54, 1.807) is 60.7 Å². The summed E-state index contributed by atoms with van der Waals surface area (Å²) < 4.78 is 41.8. The van der Waals surface area contributed by atoms with Crippen LogP contribution < -0.4 is 18.9 Å². The minimum Gasteiger partial charge on any atom is -0.457 e. The summed E-state index contributed by atoms with van der Waals surface area (Å²) in [5.74, 6) is 10.5. The Bertz CT molecular complexity index is 1800. The molecule has 0 aliphatic heterocycles. The lowest BCUT2D eigenvalue weighted by Gasteiger charge is -2.14. The Kier molecular flexibility index (Phi) is 15.0. The number of benzene rings is 3. The number of carbonyl (C=O) groups excluding carboxylic acids is 4. The van der Waals surface area contributed by atoms with Crippen LogP contribution in [0.5, 0.6) is 23.0 Å². The van der Waals surface area contributed by atoms with Gasteiger partial charge in [-0.15, -0.1) is 0 Å². The van der Waals surface area contributed by atoms with Crippen molar-refractivity contribution < 1.29 is 57.1 Å². The van der Waals surface area contributed by atoms with Crippen molar-refractivity contribution in [1.29, 1.82) is 0 Å². The third kappa shape index (κ3) is 12.9. The van der Waals surface area contributed by atoms with Gasteiger partial charge in [0.15, 0.2) is 0 Å². The van der Waals surface area contributed by atoms with Gasteiger partial charge in [0.25, 0.3) is 0 Å². The first-order chi connectivity index (χ1) is 24.2. The highest BCUT2D eigenvalue weighted by molar-refractivity contribution is 5.82. The minimum absolute atomic E-state index is 0.132. The summed E-state index contributed by atoms with van der Waals surface area (Å²) in [7, 11) is 0. The van der Waals surface area contributed by atoms with Crippen molar-refractivity contribution in [2.75, 3.05) is 27.2 Å². The molecule has 0 aliphatic carbocycles. The standard InChI is InChI=1S/C38H30O12/c1-5-35(39)47-23-43-30-16-11-27(12-17-30)9-10-29-21-33(45-25-49-37(41)7-3)32(34(22-29)46-26-50-38(42)8-4)20-15-28-13-18-31(19-14-28)44-24-48-36(40)6-2/h5-8,11-14,16-19,21-22H,1-4,23-26H2. The molecule has 3 aromatic rings. The Morgan fingerprint density at radius 2 is 0.780 bits per heavy atom. The van der Waals surface area contributed by atoms with E-state index in [2.05, 4.69) is 50.0 Å². The molecule has 0 bridgehead atoms. The van der Waals surface area contributed by atoms with Crippen LogP contribution in [0.4, 0.5) is 0 Å². The highest BCUT2D eigenvalue weighted by atomic mass is 16.7. The fourth-order valence-electron chi connectivity index (χ4n) is 3.41. The van der Waals surface area contributed by atoms with E-state index in [1.807, 2.05) is 0 Å². The molecule has 0 atom stereocenters. The van der Waals surface area contributed by atoms with Gasteiger partial charge in [0, 0.05) is 41.0 Å². The molecule has 0 saturated heterocycles. The van der Waals surface area contributed by atoms with E-state index in [1.165, 1.54) is 0 Å². The van der Waals surface area contributed by atoms with Gasteiger partial charge in [0.1, 0.15) is 28.6 Å². The Morgan fingerprint density at radius 1 is 0.460 bits per heavy atom. The summed E-state index contributed by atoms with van der Waals surface area (Å²) in [6.45, 7) is 11.8. The van der Waals surface area contributed by atoms with Crippen LogP contribution in [0, 0.1) is 23.7 Å². The lowest BCUT2D eigenvalue weighted by atomic mass is 10.1. The normalized spacial score (nSPS) is 9.44. The largest absolute Gasteiger partial charge is 0.457 e. The van der Waals surface area contributed by atoms with Gasteiger partial charge in [-0.25, -0.2) is 19.2 Å². The number of hydrogen-bond donors (Lipinski definition) is 0. The first-order valence-electron chi connectivity index (χ1n) is 14.3. The predicted molar refractivity (Wildman–Crippen MR) is 178 cm³/mol. The molecule has 12 heteroatoms. The summed E-state index contributed by atoms with van der Waals surface area (Å²) in [5, 5.41) is 0. The molecule has 254 valence electrons. The Labute approximate surface area is 288 Å². The molecule has 0 N–H and O–H groups in total. The molecular weight excluding hydrogens is 648 g/mol. The number of esters is 4. The monoisotopic (exact) mass is 678 g/mol. The lowest BCUT2D eigenvalue weighted by Crippen LogP contribution is -2.11. The third-order valence-corrected chi connectivity index (χ3v) is 5.81. The molecule has 0 aliphatic rings. The fraction of sp³-hybridized carbons (Fsp3) is 0.105. The molecule has 12 nitrogen and oxygen atoms in total. The van der Waals surface area contributed by atoms with E-state index >= 15 is 0 Å². The van der Waals surface area contributed by atoms with Crippen LogP contribution in [0.25, 0.3) is 0 Å². The van der Waals surface area contributed by atoms with Crippen molar-refractivity contribution in [3.05, 3.63) is 134 Å². The van der Waals surface area contributed by atoms with E-state index < -0.39 is 37.5 Å². The van der Waals surface area contributed by atoms with Gasteiger partial charge in [-0.05, 0) is 60.7 Å². The van der Waals surface area contributed by atoms with Gasteiger partial charge in [0.05, 0.1) is 0 Å². The van der Waals surface area contributed by atoms with E-state index in [-0.39, 0.29) is 30.6 Å². The zero-order chi connectivity index (χ0) is 36.1. The number of ether oxygens (including phenoxy) is 8. The highest BCUT2D eigenvalue weighted by Crippen LogP contribution is 2.31. The summed E-state index contributed by atoms with van der Waals surface area (Å²) in [6, 6.07) is 16.4. The van der Waals surface area contributed by atoms with Gasteiger partial charge in [0.2, 0.25) is 27.2 Å². The SMILES string of the molecule is C=CC(=O)OCOc1ccc(C#Cc2cc(OCOC(=O)C=C)c(C#Cc3ccc(OCOC(=O)C=C)cc3)c(OCOC(=O)C=C)c2)cc1. The van der Waals surface area contributed by atoms with Crippen LogP contribution in [0.1, 0.15) is 22.3 Å². The van der Waals surface area contributed by atoms with Crippen molar-refractivity contribution in [3.63, 3.8) is 0 Å². The maximum atomic E-state index is 11.7. The summed E-state index contributed by atoms with van der Waals surface area (Å²) in [4.78, 5) is 45.7. The Balaban J connectivity index is 1.93. The molecule has 3 rings (SSSR count). The summed E-state index contributed by atoms with van der Waals surface area (Å²) in [6.07, 6.45) is 4.01. The zero-order valence-electron chi connectivity index (χ0n) is 26.6. The number of hydrogen-bond acceptors (Lipinski definition) is 12. The molecule has 0 amide bonds. The average Bonchev–Trinajstić information content (AvgIpc) is 3.14. The van der Waals surface area contributed by atoms with Gasteiger partial charge >= 0.3 is 23.9 Å². The highest BCUT2D eigenvalue weighted by Gasteiger charge is 2.14. The average molecular weight is 679 g/mol. The first-order valence-corrected chi connectivity index (χ1v) is 14.3. The molecule has 0 heterocycles. The van der Waals surface area contributed by atoms with Crippen LogP contribution >= 0.6 is 0 Å². The van der Waals surface area contributed by atoms with Gasteiger partial charge in [-0.3, -0.25) is 0 Å². The molecule has 0 aromatic heterocycles. The second-order valence-corrected chi connectivity index (χ2v) is 9.12. The smallest absolute Gasteiger partial charge is 0.333 e. The molecule has 0 saturated carbocycles. The lowest BCUT2D eigenvalue weighted by molar-refractivity contribution is -0.145. The van der Waals surface area contributed by atoms with Crippen molar-refractivity contribution in [3.8, 4) is 46.7 Å². The van der Waals surface area contributed by atoms with Crippen molar-refractivity contribution in [2.24, 2.45) is 0 Å². The summed E-state index contributed by atoms with van der Waals surface area (Å²) >= 11 is 0. The van der Waals surface area contributed by atoms with E-state index in [0.717, 1.165) is 24.3 Å².